The summed E-state index contributed by atoms with van der Waals surface area (Å²) in [5.74, 6) is 1.73. The highest BCUT2D eigenvalue weighted by atomic mass is 16.5. The fraction of sp³-hybridized carbons (Fsp3) is 0.500. The number of aromatic nitrogens is 5. The van der Waals surface area contributed by atoms with Gasteiger partial charge in [-0.1, -0.05) is 5.16 Å². The molecule has 15 heavy (non-hydrogen) atoms. The molecule has 7 nitrogen and oxygen atoms in total. The van der Waals surface area contributed by atoms with Gasteiger partial charge in [-0.2, -0.15) is 4.98 Å². The van der Waals surface area contributed by atoms with Crippen LogP contribution in [0.25, 0.3) is 0 Å². The summed E-state index contributed by atoms with van der Waals surface area (Å²) >= 11 is 0. The first kappa shape index (κ1) is 9.78. The van der Waals surface area contributed by atoms with Crippen LogP contribution in [0.3, 0.4) is 0 Å². The van der Waals surface area contributed by atoms with E-state index in [0.29, 0.717) is 30.5 Å². The number of rotatable bonds is 4. The fourth-order valence-electron chi connectivity index (χ4n) is 1.25. The zero-order valence-electron chi connectivity index (χ0n) is 8.29. The van der Waals surface area contributed by atoms with Gasteiger partial charge in [-0.3, -0.25) is 0 Å². The minimum atomic E-state index is -0.120. The van der Waals surface area contributed by atoms with E-state index in [0.717, 1.165) is 0 Å². The lowest BCUT2D eigenvalue weighted by Crippen LogP contribution is -2.06. The average Bonchev–Trinajstić information content (AvgIpc) is 2.83. The SMILES string of the molecule is Cc1nc(CCn2cnnc2CO)no1. The Hall–Kier alpha value is -1.76. The van der Waals surface area contributed by atoms with Gasteiger partial charge in [0.05, 0.1) is 0 Å². The van der Waals surface area contributed by atoms with Crippen molar-refractivity contribution in [1.82, 2.24) is 24.9 Å². The summed E-state index contributed by atoms with van der Waals surface area (Å²) in [5, 5.41) is 20.2. The second-order valence-corrected chi connectivity index (χ2v) is 3.08. The predicted octanol–water partition coefficient (Wildman–Crippen LogP) is -0.295. The summed E-state index contributed by atoms with van der Waals surface area (Å²) in [7, 11) is 0. The van der Waals surface area contributed by atoms with E-state index in [9.17, 15) is 0 Å². The minimum Gasteiger partial charge on any atom is -0.388 e. The lowest BCUT2D eigenvalue weighted by atomic mass is 10.4. The minimum absolute atomic E-state index is 0.120. The maximum absolute atomic E-state index is 8.94. The van der Waals surface area contributed by atoms with Crippen LogP contribution in [-0.4, -0.2) is 30.0 Å². The van der Waals surface area contributed by atoms with Crippen LogP contribution >= 0.6 is 0 Å². The highest BCUT2D eigenvalue weighted by molar-refractivity contribution is 4.87. The van der Waals surface area contributed by atoms with E-state index in [1.165, 1.54) is 0 Å². The van der Waals surface area contributed by atoms with Crippen LogP contribution in [0.1, 0.15) is 17.5 Å². The number of aliphatic hydroxyl groups is 1. The molecule has 2 heterocycles. The molecule has 0 saturated heterocycles. The summed E-state index contributed by atoms with van der Waals surface area (Å²) in [4.78, 5) is 4.07. The van der Waals surface area contributed by atoms with Gasteiger partial charge >= 0.3 is 0 Å². The summed E-state index contributed by atoms with van der Waals surface area (Å²) in [6, 6.07) is 0. The number of hydrogen-bond donors (Lipinski definition) is 1. The molecule has 0 bridgehead atoms. The smallest absolute Gasteiger partial charge is 0.223 e. The highest BCUT2D eigenvalue weighted by Crippen LogP contribution is 2.00. The second kappa shape index (κ2) is 4.18. The third kappa shape index (κ3) is 2.18. The Morgan fingerprint density at radius 3 is 3.07 bits per heavy atom. The van der Waals surface area contributed by atoms with Crippen molar-refractivity contribution in [2.45, 2.75) is 26.5 Å². The molecule has 2 aromatic heterocycles. The third-order valence-electron chi connectivity index (χ3n) is 1.98. The van der Waals surface area contributed by atoms with Crippen molar-refractivity contribution in [3.63, 3.8) is 0 Å². The van der Waals surface area contributed by atoms with Crippen LogP contribution in [0, 0.1) is 6.92 Å². The molecular weight excluding hydrogens is 198 g/mol. The molecular formula is C8H11N5O2. The molecule has 2 rings (SSSR count). The quantitative estimate of drug-likeness (QED) is 0.743. The molecule has 0 spiro atoms. The van der Waals surface area contributed by atoms with Crippen molar-refractivity contribution in [3.8, 4) is 0 Å². The summed E-state index contributed by atoms with van der Waals surface area (Å²) < 4.78 is 6.60. The maximum atomic E-state index is 8.94. The molecule has 1 N–H and O–H groups in total. The van der Waals surface area contributed by atoms with Gasteiger partial charge in [0.25, 0.3) is 0 Å². The van der Waals surface area contributed by atoms with Gasteiger partial charge in [0.1, 0.15) is 12.9 Å². The predicted molar refractivity (Wildman–Crippen MR) is 48.7 cm³/mol. The normalized spacial score (nSPS) is 10.8. The van der Waals surface area contributed by atoms with Crippen LogP contribution in [0.2, 0.25) is 0 Å². The first-order valence-corrected chi connectivity index (χ1v) is 4.56. The van der Waals surface area contributed by atoms with Crippen molar-refractivity contribution < 1.29 is 9.63 Å². The van der Waals surface area contributed by atoms with E-state index in [-0.39, 0.29) is 6.61 Å². The van der Waals surface area contributed by atoms with Gasteiger partial charge in [0, 0.05) is 19.9 Å². The first-order valence-electron chi connectivity index (χ1n) is 4.56. The van der Waals surface area contributed by atoms with Crippen LogP contribution in [0.15, 0.2) is 10.9 Å². The second-order valence-electron chi connectivity index (χ2n) is 3.08. The molecule has 7 heteroatoms. The van der Waals surface area contributed by atoms with Gasteiger partial charge < -0.3 is 14.2 Å². The number of aryl methyl sites for hydroxylation is 3. The highest BCUT2D eigenvalue weighted by Gasteiger charge is 2.05. The molecule has 80 valence electrons. The van der Waals surface area contributed by atoms with E-state index < -0.39 is 0 Å². The molecule has 0 radical (unpaired) electrons. The molecule has 0 aromatic carbocycles. The van der Waals surface area contributed by atoms with Crippen molar-refractivity contribution in [3.05, 3.63) is 23.9 Å². The number of hydrogen-bond acceptors (Lipinski definition) is 6. The maximum Gasteiger partial charge on any atom is 0.223 e. The molecule has 0 saturated carbocycles. The van der Waals surface area contributed by atoms with Crippen LogP contribution in [0.4, 0.5) is 0 Å². The summed E-state index contributed by atoms with van der Waals surface area (Å²) in [6.07, 6.45) is 2.20. The molecule has 0 fully saturated rings. The molecule has 0 aliphatic rings. The Morgan fingerprint density at radius 2 is 2.40 bits per heavy atom. The van der Waals surface area contributed by atoms with E-state index in [4.69, 9.17) is 9.63 Å². The van der Waals surface area contributed by atoms with Gasteiger partial charge in [-0.05, 0) is 0 Å². The van der Waals surface area contributed by atoms with E-state index >= 15 is 0 Å². The lowest BCUT2D eigenvalue weighted by Gasteiger charge is -2.01. The topological polar surface area (TPSA) is 89.9 Å². The van der Waals surface area contributed by atoms with Crippen LogP contribution < -0.4 is 0 Å². The monoisotopic (exact) mass is 209 g/mol. The van der Waals surface area contributed by atoms with E-state index in [2.05, 4.69) is 20.3 Å². The zero-order chi connectivity index (χ0) is 10.7. The number of aliphatic hydroxyl groups excluding tert-OH is 1. The first-order chi connectivity index (χ1) is 7.29. The Kier molecular flexibility index (Phi) is 2.72. The molecule has 0 atom stereocenters. The Morgan fingerprint density at radius 1 is 1.53 bits per heavy atom. The lowest BCUT2D eigenvalue weighted by molar-refractivity contribution is 0.264. The molecule has 0 aliphatic heterocycles. The fourth-order valence-corrected chi connectivity index (χ4v) is 1.25. The Bertz CT molecular complexity index is 436. The summed E-state index contributed by atoms with van der Waals surface area (Å²) in [6.45, 7) is 2.25. The standard InChI is InChI=1S/C8H11N5O2/c1-6-10-7(12-15-6)2-3-13-5-9-11-8(13)4-14/h5,14H,2-4H2,1H3. The van der Waals surface area contributed by atoms with Crippen molar-refractivity contribution in [2.75, 3.05) is 0 Å². The average molecular weight is 209 g/mol. The van der Waals surface area contributed by atoms with Crippen molar-refractivity contribution in [2.24, 2.45) is 0 Å². The Balaban J connectivity index is 1.98. The van der Waals surface area contributed by atoms with Gasteiger partial charge in [-0.25, -0.2) is 0 Å². The molecule has 0 amide bonds. The molecule has 0 unspecified atom stereocenters. The van der Waals surface area contributed by atoms with E-state index in [1.807, 2.05) is 0 Å². The zero-order valence-corrected chi connectivity index (χ0v) is 8.29. The van der Waals surface area contributed by atoms with Crippen molar-refractivity contribution in [1.29, 1.82) is 0 Å². The summed E-state index contributed by atoms with van der Waals surface area (Å²) in [5.41, 5.74) is 0. The van der Waals surface area contributed by atoms with Crippen LogP contribution in [0.5, 0.6) is 0 Å². The van der Waals surface area contributed by atoms with Gasteiger partial charge in [-0.15, -0.1) is 10.2 Å². The molecule has 0 aliphatic carbocycles. The Labute approximate surface area is 85.8 Å². The van der Waals surface area contributed by atoms with Gasteiger partial charge in [0.2, 0.25) is 5.89 Å². The number of nitrogens with zero attached hydrogens (tertiary/aromatic N) is 5. The van der Waals surface area contributed by atoms with Crippen molar-refractivity contribution >= 4 is 0 Å². The molecule has 2 aromatic rings. The van der Waals surface area contributed by atoms with Crippen LogP contribution in [-0.2, 0) is 19.6 Å². The largest absolute Gasteiger partial charge is 0.388 e. The van der Waals surface area contributed by atoms with Gasteiger partial charge in [0.15, 0.2) is 11.6 Å². The third-order valence-corrected chi connectivity index (χ3v) is 1.98. The van der Waals surface area contributed by atoms with E-state index in [1.54, 1.807) is 17.8 Å².